The Balaban J connectivity index is 1.82. The lowest BCUT2D eigenvalue weighted by Gasteiger charge is -2.24. The maximum atomic E-state index is 12.8. The van der Waals surface area contributed by atoms with Gasteiger partial charge in [0.1, 0.15) is 5.82 Å². The molecule has 2 heterocycles. The Labute approximate surface area is 155 Å². The highest BCUT2D eigenvalue weighted by Gasteiger charge is 2.32. The normalized spacial score (nSPS) is 21.5. The zero-order chi connectivity index (χ0) is 17.4. The van der Waals surface area contributed by atoms with E-state index in [1.807, 2.05) is 28.9 Å². The minimum absolute atomic E-state index is 0.0701. The molecule has 0 radical (unpaired) electrons. The first-order valence-corrected chi connectivity index (χ1v) is 10.1. The van der Waals surface area contributed by atoms with E-state index in [1.165, 1.54) is 18.2 Å². The second-order valence-corrected chi connectivity index (χ2v) is 8.19. The number of thioether (sulfide) groups is 1. The van der Waals surface area contributed by atoms with Gasteiger partial charge in [-0.15, -0.1) is 11.8 Å². The molecule has 4 rings (SSSR count). The van der Waals surface area contributed by atoms with Crippen LogP contribution in [-0.2, 0) is 4.79 Å². The van der Waals surface area contributed by atoms with E-state index < -0.39 is 0 Å². The maximum absolute atomic E-state index is 12.8. The van der Waals surface area contributed by atoms with Crippen LogP contribution in [0.15, 0.2) is 29.1 Å². The number of fused-ring (bicyclic) bond motifs is 1. The van der Waals surface area contributed by atoms with E-state index in [4.69, 9.17) is 11.6 Å². The Bertz CT molecular complexity index is 854. The summed E-state index contributed by atoms with van der Waals surface area (Å²) < 4.78 is 1.90. The molecule has 1 aromatic heterocycles. The largest absolute Gasteiger partial charge is 0.310 e. The first kappa shape index (κ1) is 16.8. The molecule has 7 heteroatoms. The molecule has 1 fully saturated rings. The smallest absolute Gasteiger partial charge is 0.270 e. The predicted octanol–water partition coefficient (Wildman–Crippen LogP) is 4.11. The van der Waals surface area contributed by atoms with Crippen molar-refractivity contribution in [1.29, 1.82) is 0 Å². The Morgan fingerprint density at radius 1 is 1.16 bits per heavy atom. The van der Waals surface area contributed by atoms with Crippen LogP contribution in [-0.4, -0.2) is 21.4 Å². The van der Waals surface area contributed by atoms with E-state index in [0.29, 0.717) is 22.2 Å². The SMILES string of the molecule is O=C1CS[C@@H](c2cccc(Cl)c2)c2c(n(C3CCCCC3)[nH]c2=O)N1. The first-order chi connectivity index (χ1) is 12.1. The van der Waals surface area contributed by atoms with Gasteiger partial charge >= 0.3 is 0 Å². The van der Waals surface area contributed by atoms with Crippen LogP contribution in [0.3, 0.4) is 0 Å². The quantitative estimate of drug-likeness (QED) is 0.827. The van der Waals surface area contributed by atoms with Crippen molar-refractivity contribution in [1.82, 2.24) is 9.78 Å². The Hall–Kier alpha value is -1.66. The maximum Gasteiger partial charge on any atom is 0.270 e. The van der Waals surface area contributed by atoms with E-state index in [-0.39, 0.29) is 22.8 Å². The van der Waals surface area contributed by atoms with E-state index in [1.54, 1.807) is 0 Å². The van der Waals surface area contributed by atoms with Gasteiger partial charge < -0.3 is 5.32 Å². The molecule has 2 N–H and O–H groups in total. The highest BCUT2D eigenvalue weighted by molar-refractivity contribution is 8.00. The minimum Gasteiger partial charge on any atom is -0.310 e. The van der Waals surface area contributed by atoms with Crippen LogP contribution in [0, 0.1) is 0 Å². The fourth-order valence-corrected chi connectivity index (χ4v) is 5.10. The van der Waals surface area contributed by atoms with E-state index in [2.05, 4.69) is 10.4 Å². The molecule has 2 aromatic rings. The Morgan fingerprint density at radius 2 is 1.96 bits per heavy atom. The number of H-pyrrole nitrogens is 1. The van der Waals surface area contributed by atoms with Gasteiger partial charge in [-0.2, -0.15) is 0 Å². The van der Waals surface area contributed by atoms with Gasteiger partial charge in [0.2, 0.25) is 5.91 Å². The number of hydrogen-bond acceptors (Lipinski definition) is 3. The average molecular weight is 378 g/mol. The molecule has 1 amide bonds. The Kier molecular flexibility index (Phi) is 4.65. The van der Waals surface area contributed by atoms with Crippen molar-refractivity contribution in [3.05, 3.63) is 50.8 Å². The highest BCUT2D eigenvalue weighted by Crippen LogP contribution is 2.42. The molecule has 1 atom stereocenters. The zero-order valence-electron chi connectivity index (χ0n) is 13.8. The number of amides is 1. The van der Waals surface area contributed by atoms with Gasteiger partial charge in [0, 0.05) is 5.02 Å². The third kappa shape index (κ3) is 3.25. The van der Waals surface area contributed by atoms with Crippen LogP contribution >= 0.6 is 23.4 Å². The summed E-state index contributed by atoms with van der Waals surface area (Å²) in [4.78, 5) is 25.0. The van der Waals surface area contributed by atoms with Crippen LogP contribution in [0.25, 0.3) is 0 Å². The summed E-state index contributed by atoms with van der Waals surface area (Å²) in [6, 6.07) is 7.77. The summed E-state index contributed by atoms with van der Waals surface area (Å²) in [5, 5.41) is 6.37. The van der Waals surface area contributed by atoms with Gasteiger partial charge in [0.15, 0.2) is 0 Å². The number of rotatable bonds is 2. The van der Waals surface area contributed by atoms with E-state index in [9.17, 15) is 9.59 Å². The van der Waals surface area contributed by atoms with Crippen molar-refractivity contribution in [3.63, 3.8) is 0 Å². The second kappa shape index (κ2) is 6.92. The number of nitrogens with one attached hydrogen (secondary N) is 2. The van der Waals surface area contributed by atoms with Crippen LogP contribution in [0.2, 0.25) is 5.02 Å². The van der Waals surface area contributed by atoms with E-state index >= 15 is 0 Å². The lowest BCUT2D eigenvalue weighted by Crippen LogP contribution is -2.21. The molecule has 1 aliphatic carbocycles. The monoisotopic (exact) mass is 377 g/mol. The molecule has 0 saturated heterocycles. The van der Waals surface area contributed by atoms with Crippen molar-refractivity contribution >= 4 is 35.1 Å². The molecular weight excluding hydrogens is 358 g/mol. The van der Waals surface area contributed by atoms with Crippen molar-refractivity contribution in [2.45, 2.75) is 43.4 Å². The number of carbonyl (C=O) groups excluding carboxylic acids is 1. The summed E-state index contributed by atoms with van der Waals surface area (Å²) in [6.07, 6.45) is 5.60. The Morgan fingerprint density at radius 3 is 2.72 bits per heavy atom. The van der Waals surface area contributed by atoms with Crippen molar-refractivity contribution in [2.75, 3.05) is 11.1 Å². The standard InChI is InChI=1S/C18H20ClN3O2S/c19-12-6-4-5-11(9-12)16-15-17(20-14(23)10-25-16)22(21-18(15)24)13-7-2-1-3-8-13/h4-6,9,13,16H,1-3,7-8,10H2,(H,20,23)(H,21,24)/t16-/m0/s1. The minimum atomic E-state index is -0.207. The van der Waals surface area contributed by atoms with Crippen LogP contribution < -0.4 is 10.9 Å². The number of benzene rings is 1. The fourth-order valence-electron chi connectivity index (χ4n) is 3.79. The number of aromatic amines is 1. The molecule has 25 heavy (non-hydrogen) atoms. The predicted molar refractivity (Wildman–Crippen MR) is 102 cm³/mol. The van der Waals surface area contributed by atoms with Gasteiger partial charge in [0.05, 0.1) is 22.6 Å². The number of hydrogen-bond donors (Lipinski definition) is 2. The second-order valence-electron chi connectivity index (χ2n) is 6.66. The molecule has 1 saturated carbocycles. The topological polar surface area (TPSA) is 66.9 Å². The van der Waals surface area contributed by atoms with Crippen LogP contribution in [0.4, 0.5) is 5.82 Å². The van der Waals surface area contributed by atoms with Gasteiger partial charge in [0.25, 0.3) is 5.56 Å². The molecule has 0 unspecified atom stereocenters. The third-order valence-corrected chi connectivity index (χ3v) is 6.46. The van der Waals surface area contributed by atoms with Gasteiger partial charge in [-0.05, 0) is 30.5 Å². The molecule has 1 aliphatic heterocycles. The number of anilines is 1. The summed E-state index contributed by atoms with van der Waals surface area (Å²) in [5.74, 6) is 0.881. The number of nitrogens with zero attached hydrogens (tertiary/aromatic N) is 1. The van der Waals surface area contributed by atoms with Crippen molar-refractivity contribution in [3.8, 4) is 0 Å². The van der Waals surface area contributed by atoms with Gasteiger partial charge in [-0.3, -0.25) is 19.4 Å². The van der Waals surface area contributed by atoms with Crippen molar-refractivity contribution < 1.29 is 4.79 Å². The molecule has 132 valence electrons. The molecule has 0 spiro atoms. The third-order valence-electron chi connectivity index (χ3n) is 4.96. The molecule has 0 bridgehead atoms. The average Bonchev–Trinajstić information content (AvgIpc) is 2.82. The fraction of sp³-hybridized carbons (Fsp3) is 0.444. The van der Waals surface area contributed by atoms with Crippen LogP contribution in [0.5, 0.6) is 0 Å². The molecule has 2 aliphatic rings. The van der Waals surface area contributed by atoms with Crippen LogP contribution in [0.1, 0.15) is 54.5 Å². The highest BCUT2D eigenvalue weighted by atomic mass is 35.5. The number of aromatic nitrogens is 2. The summed E-state index contributed by atoms with van der Waals surface area (Å²) in [5.41, 5.74) is 1.45. The number of halogens is 1. The summed E-state index contributed by atoms with van der Waals surface area (Å²) >= 11 is 7.61. The van der Waals surface area contributed by atoms with Crippen molar-refractivity contribution in [2.24, 2.45) is 0 Å². The van der Waals surface area contributed by atoms with Gasteiger partial charge in [-0.1, -0.05) is 43.0 Å². The van der Waals surface area contributed by atoms with E-state index in [0.717, 1.165) is 31.2 Å². The summed E-state index contributed by atoms with van der Waals surface area (Å²) in [6.45, 7) is 0. The summed E-state index contributed by atoms with van der Waals surface area (Å²) in [7, 11) is 0. The molecule has 5 nitrogen and oxygen atoms in total. The lowest BCUT2D eigenvalue weighted by molar-refractivity contribution is -0.113. The lowest BCUT2D eigenvalue weighted by atomic mass is 9.95. The number of carbonyl (C=O) groups is 1. The molecular formula is C18H20ClN3O2S. The molecule has 1 aromatic carbocycles. The first-order valence-electron chi connectivity index (χ1n) is 8.65. The zero-order valence-corrected chi connectivity index (χ0v) is 15.3. The van der Waals surface area contributed by atoms with Gasteiger partial charge in [-0.25, -0.2) is 0 Å².